The zero-order valence-corrected chi connectivity index (χ0v) is 8.47. The number of carbonyl (C=O) groups excluding carboxylic acids is 1. The molecule has 4 heteroatoms. The van der Waals surface area contributed by atoms with Gasteiger partial charge in [-0.1, -0.05) is 23.2 Å². The summed E-state index contributed by atoms with van der Waals surface area (Å²) in [5.41, 5.74) is 0.662. The smallest absolute Gasteiger partial charge is 0.153 e. The molecule has 0 fully saturated rings. The van der Waals surface area contributed by atoms with Gasteiger partial charge in [0.15, 0.2) is 6.29 Å². The minimum Gasteiger partial charge on any atom is -0.369 e. The number of hydrogen-bond acceptors (Lipinski definition) is 2. The van der Waals surface area contributed by atoms with Gasteiger partial charge in [0.25, 0.3) is 0 Å². The fraction of sp³-hybridized carbons (Fsp3) is 0.222. The Bertz CT molecular complexity index is 292. The SMILES string of the molecule is COC(C=O)c1cc(Cl)cc(Cl)c1. The van der Waals surface area contributed by atoms with E-state index in [-0.39, 0.29) is 0 Å². The Morgan fingerprint density at radius 1 is 1.31 bits per heavy atom. The maximum atomic E-state index is 10.5. The Kier molecular flexibility index (Phi) is 3.72. The molecule has 0 saturated carbocycles. The van der Waals surface area contributed by atoms with E-state index >= 15 is 0 Å². The first-order chi connectivity index (χ1) is 6.17. The van der Waals surface area contributed by atoms with Crippen molar-refractivity contribution in [3.63, 3.8) is 0 Å². The molecule has 0 aliphatic heterocycles. The summed E-state index contributed by atoms with van der Waals surface area (Å²) in [6, 6.07) is 4.90. The number of hydrogen-bond donors (Lipinski definition) is 0. The van der Waals surface area contributed by atoms with Crippen LogP contribution in [0.1, 0.15) is 11.7 Å². The highest BCUT2D eigenvalue weighted by Crippen LogP contribution is 2.23. The second-order valence-corrected chi connectivity index (χ2v) is 3.37. The fourth-order valence-corrected chi connectivity index (χ4v) is 1.55. The van der Waals surface area contributed by atoms with Crippen molar-refractivity contribution >= 4 is 29.5 Å². The quantitative estimate of drug-likeness (QED) is 0.730. The zero-order chi connectivity index (χ0) is 9.84. The molecule has 0 aromatic heterocycles. The average molecular weight is 219 g/mol. The maximum absolute atomic E-state index is 10.5. The highest BCUT2D eigenvalue weighted by molar-refractivity contribution is 6.34. The Balaban J connectivity index is 3.05. The van der Waals surface area contributed by atoms with E-state index in [4.69, 9.17) is 27.9 Å². The van der Waals surface area contributed by atoms with Gasteiger partial charge in [-0.05, 0) is 23.8 Å². The predicted molar refractivity (Wildman–Crippen MR) is 52.3 cm³/mol. The van der Waals surface area contributed by atoms with Gasteiger partial charge < -0.3 is 9.53 Å². The molecule has 0 saturated heterocycles. The average Bonchev–Trinajstić information content (AvgIpc) is 2.04. The third-order valence-corrected chi connectivity index (χ3v) is 2.03. The largest absolute Gasteiger partial charge is 0.369 e. The summed E-state index contributed by atoms with van der Waals surface area (Å²) in [5.74, 6) is 0. The van der Waals surface area contributed by atoms with Crippen LogP contribution in [-0.4, -0.2) is 13.4 Å². The minimum absolute atomic E-state index is 0.492. The first-order valence-corrected chi connectivity index (χ1v) is 4.37. The molecule has 0 spiro atoms. The van der Waals surface area contributed by atoms with Gasteiger partial charge in [-0.2, -0.15) is 0 Å². The van der Waals surface area contributed by atoms with Crippen molar-refractivity contribution < 1.29 is 9.53 Å². The summed E-state index contributed by atoms with van der Waals surface area (Å²) in [6.45, 7) is 0. The normalized spacial score (nSPS) is 12.5. The summed E-state index contributed by atoms with van der Waals surface area (Å²) >= 11 is 11.5. The van der Waals surface area contributed by atoms with Gasteiger partial charge in [0.05, 0.1) is 0 Å². The lowest BCUT2D eigenvalue weighted by atomic mass is 10.1. The minimum atomic E-state index is -0.601. The van der Waals surface area contributed by atoms with E-state index < -0.39 is 6.10 Å². The second kappa shape index (κ2) is 4.61. The molecule has 70 valence electrons. The van der Waals surface area contributed by atoms with Crippen molar-refractivity contribution in [2.24, 2.45) is 0 Å². The van der Waals surface area contributed by atoms with E-state index in [0.29, 0.717) is 21.9 Å². The third-order valence-electron chi connectivity index (χ3n) is 1.59. The molecule has 0 aliphatic carbocycles. The van der Waals surface area contributed by atoms with E-state index in [2.05, 4.69) is 0 Å². The molecule has 0 N–H and O–H groups in total. The highest BCUT2D eigenvalue weighted by Gasteiger charge is 2.09. The molecule has 2 nitrogen and oxygen atoms in total. The Hall–Kier alpha value is -0.570. The van der Waals surface area contributed by atoms with E-state index in [1.54, 1.807) is 18.2 Å². The summed E-state index contributed by atoms with van der Waals surface area (Å²) < 4.78 is 4.91. The van der Waals surface area contributed by atoms with Crippen molar-refractivity contribution in [2.75, 3.05) is 7.11 Å². The van der Waals surface area contributed by atoms with E-state index in [1.165, 1.54) is 7.11 Å². The van der Waals surface area contributed by atoms with Gasteiger partial charge >= 0.3 is 0 Å². The van der Waals surface area contributed by atoms with Crippen molar-refractivity contribution in [1.82, 2.24) is 0 Å². The first-order valence-electron chi connectivity index (χ1n) is 3.61. The van der Waals surface area contributed by atoms with E-state index in [0.717, 1.165) is 0 Å². The van der Waals surface area contributed by atoms with Crippen LogP contribution in [-0.2, 0) is 9.53 Å². The van der Waals surface area contributed by atoms with E-state index in [1.807, 2.05) is 0 Å². The first kappa shape index (κ1) is 10.5. The van der Waals surface area contributed by atoms with Crippen molar-refractivity contribution in [2.45, 2.75) is 6.10 Å². The summed E-state index contributed by atoms with van der Waals surface area (Å²) in [4.78, 5) is 10.5. The lowest BCUT2D eigenvalue weighted by Gasteiger charge is -2.08. The Labute approximate surface area is 86.4 Å². The molecule has 13 heavy (non-hydrogen) atoms. The lowest BCUT2D eigenvalue weighted by Crippen LogP contribution is -2.02. The number of carbonyl (C=O) groups is 1. The fourth-order valence-electron chi connectivity index (χ4n) is 1.01. The van der Waals surface area contributed by atoms with Crippen LogP contribution in [0.3, 0.4) is 0 Å². The molecule has 0 amide bonds. The predicted octanol–water partition coefficient (Wildman–Crippen LogP) is 2.88. The summed E-state index contributed by atoms with van der Waals surface area (Å²) in [6.07, 6.45) is 0.0957. The maximum Gasteiger partial charge on any atom is 0.153 e. The van der Waals surface area contributed by atoms with Gasteiger partial charge in [0.2, 0.25) is 0 Å². The monoisotopic (exact) mass is 218 g/mol. The van der Waals surface area contributed by atoms with Crippen LogP contribution in [0.25, 0.3) is 0 Å². The van der Waals surface area contributed by atoms with Gasteiger partial charge in [0, 0.05) is 17.2 Å². The number of ether oxygens (including phenoxy) is 1. The lowest BCUT2D eigenvalue weighted by molar-refractivity contribution is -0.116. The van der Waals surface area contributed by atoms with Crippen LogP contribution < -0.4 is 0 Å². The number of methoxy groups -OCH3 is 1. The molecule has 1 unspecified atom stereocenters. The highest BCUT2D eigenvalue weighted by atomic mass is 35.5. The second-order valence-electron chi connectivity index (χ2n) is 2.50. The van der Waals surface area contributed by atoms with Crippen molar-refractivity contribution in [3.05, 3.63) is 33.8 Å². The van der Waals surface area contributed by atoms with Crippen molar-refractivity contribution in [3.8, 4) is 0 Å². The topological polar surface area (TPSA) is 26.3 Å². The number of halogens is 2. The van der Waals surface area contributed by atoms with Crippen molar-refractivity contribution in [1.29, 1.82) is 0 Å². The van der Waals surface area contributed by atoms with Crippen LogP contribution >= 0.6 is 23.2 Å². The summed E-state index contributed by atoms with van der Waals surface area (Å²) in [5, 5.41) is 0.984. The molecule has 1 aromatic carbocycles. The van der Waals surface area contributed by atoms with Crippen LogP contribution in [0.2, 0.25) is 10.0 Å². The number of rotatable bonds is 3. The van der Waals surface area contributed by atoms with Crippen LogP contribution in [0.15, 0.2) is 18.2 Å². The standard InChI is InChI=1S/C9H8Cl2O2/c1-13-9(5-12)6-2-7(10)4-8(11)3-6/h2-5,9H,1H3. The molecular formula is C9H8Cl2O2. The molecule has 0 aliphatic rings. The molecule has 1 atom stereocenters. The van der Waals surface area contributed by atoms with Gasteiger partial charge in [-0.15, -0.1) is 0 Å². The Morgan fingerprint density at radius 3 is 2.23 bits per heavy atom. The summed E-state index contributed by atoms with van der Waals surface area (Å²) in [7, 11) is 1.45. The molecule has 0 heterocycles. The third kappa shape index (κ3) is 2.69. The number of benzene rings is 1. The van der Waals surface area contributed by atoms with Crippen LogP contribution in [0.4, 0.5) is 0 Å². The van der Waals surface area contributed by atoms with Crippen LogP contribution in [0, 0.1) is 0 Å². The van der Waals surface area contributed by atoms with Gasteiger partial charge in [0.1, 0.15) is 6.10 Å². The zero-order valence-electron chi connectivity index (χ0n) is 6.96. The molecule has 0 radical (unpaired) electrons. The van der Waals surface area contributed by atoms with Gasteiger partial charge in [-0.3, -0.25) is 0 Å². The molecule has 1 rings (SSSR count). The van der Waals surface area contributed by atoms with Crippen LogP contribution in [0.5, 0.6) is 0 Å². The Morgan fingerprint density at radius 2 is 1.85 bits per heavy atom. The number of aldehydes is 1. The van der Waals surface area contributed by atoms with Gasteiger partial charge in [-0.25, -0.2) is 0 Å². The molecule has 1 aromatic rings. The van der Waals surface area contributed by atoms with E-state index in [9.17, 15) is 4.79 Å². The molecule has 0 bridgehead atoms. The molecular weight excluding hydrogens is 211 g/mol.